The number of nitrogens with two attached hydrogens (primary N) is 1. The summed E-state index contributed by atoms with van der Waals surface area (Å²) in [4.78, 5) is 206. The van der Waals surface area contributed by atoms with Crippen LogP contribution in [-0.2, 0) is 90.6 Å². The number of anilines is 1. The number of nitrogens with one attached hydrogen (secondary N) is 13. The lowest BCUT2D eigenvalue weighted by Crippen LogP contribution is -2.63. The number of hydrogen-bond acceptors (Lipinski definition) is 24. The second-order valence-electron chi connectivity index (χ2n) is 33.6. The smallest absolute Gasteiger partial charge is 0.437 e. The van der Waals surface area contributed by atoms with E-state index in [1.165, 1.54) is 45.0 Å². The number of halogens is 4. The summed E-state index contributed by atoms with van der Waals surface area (Å²) in [5.74, 6) is -20.3. The molecule has 15 N–H and O–H groups in total. The lowest BCUT2D eigenvalue weighted by Gasteiger charge is -2.31. The van der Waals surface area contributed by atoms with Crippen LogP contribution in [0.4, 0.5) is 37.6 Å². The van der Waals surface area contributed by atoms with Gasteiger partial charge < -0.3 is 112 Å². The molecule has 0 unspecified atom stereocenters. The van der Waals surface area contributed by atoms with E-state index in [4.69, 9.17) is 43.6 Å². The summed E-state index contributed by atoms with van der Waals surface area (Å²) < 4.78 is 102. The second-order valence-corrected chi connectivity index (χ2v) is 33.6. The van der Waals surface area contributed by atoms with Crippen LogP contribution in [0.25, 0.3) is 0 Å². The maximum absolute atomic E-state index is 14.4. The molecule has 0 saturated heterocycles. The van der Waals surface area contributed by atoms with Gasteiger partial charge in [0.1, 0.15) is 64.6 Å². The molecule has 0 fully saturated rings. The van der Waals surface area contributed by atoms with E-state index < -0.39 is 208 Å². The van der Waals surface area contributed by atoms with Gasteiger partial charge in [0.15, 0.2) is 11.6 Å². The first-order valence-corrected chi connectivity index (χ1v) is 41.1. The highest BCUT2D eigenvalue weighted by Gasteiger charge is 2.39. The fourth-order valence-corrected chi connectivity index (χ4v) is 10.9. The van der Waals surface area contributed by atoms with Crippen LogP contribution in [-0.4, -0.2) is 246 Å². The standard InChI is InChI=1S/C82H129F4N15O24/c1-20-54(94-66(105)49(8)91-70(109)57(40-47(4)5)97-72(111)59(44-62(104)123-79(9,10)11)93-60(102)45-90-67(106)50-23-21-24-51(42-50)92-76(99-77(115)124-80(12,13)14)100-78(116)125-81(15,16)17)69(108)96-58(41-48(6)7)71(110)95-55(25-22-27-89-75(87)114)73(112)101-82(18,19)74(113)98-56(39-46(2)3)68(107)88-28-30-118-32-34-120-36-38-121-37-35-119-33-31-117-29-26-61(103)122-65-63(85)52(83)43-53(84)64(65)86/h21,23-24,42-43,46-49,54-59H,20,22,25-41,44-45H2,1-19H3,(H,88,107)(H,90,106)(H,91,109)(H,93,102)(H,94,105)(H,95,110)(H,96,108)(H,97,111)(H,98,113)(H,101,112)(H3,87,89,114)(H2,92,99,100,115,116)/t49-,54-,55-,56-,57-,58-,59-/m0/s1. The van der Waals surface area contributed by atoms with Gasteiger partial charge in [-0.2, -0.15) is 8.78 Å². The van der Waals surface area contributed by atoms with Gasteiger partial charge in [0, 0.05) is 30.4 Å². The van der Waals surface area contributed by atoms with Crippen molar-refractivity contribution in [1.29, 1.82) is 0 Å². The monoisotopic (exact) mass is 1780 g/mol. The SMILES string of the molecule is CC[C@H](NC(=O)[C@H](C)NC(=O)[C@H](CC(C)C)NC(=O)[C@H](CC(=O)OC(C)(C)C)NC(=O)CNC(=O)c1cccc(N/C(=N/C(=O)OC(C)(C)C)NC(=O)OC(C)(C)C)c1)C(=O)N[C@@H](CC(C)C)C(=O)N[C@@H](CCCNC(N)=O)C(=O)NC(C)(C)C(=O)N[C@@H](CC(C)C)C(=O)NCCOCCOCCOCCOCCOCCC(=O)Oc1c(F)c(F)cc(F)c1F. The predicted molar refractivity (Wildman–Crippen MR) is 446 cm³/mol. The first kappa shape index (κ1) is 110. The molecule has 125 heavy (non-hydrogen) atoms. The molecule has 7 atom stereocenters. The van der Waals surface area contributed by atoms with Crippen molar-refractivity contribution >= 4 is 101 Å². The van der Waals surface area contributed by atoms with Crippen molar-refractivity contribution in [3.8, 4) is 5.75 Å². The van der Waals surface area contributed by atoms with Crippen LogP contribution in [0.2, 0.25) is 0 Å². The number of carbonyl (C=O) groups is 15. The maximum atomic E-state index is 14.4. The van der Waals surface area contributed by atoms with E-state index >= 15 is 0 Å². The van der Waals surface area contributed by atoms with Gasteiger partial charge in [0.2, 0.25) is 76.5 Å². The van der Waals surface area contributed by atoms with Crippen LogP contribution in [0, 0.1) is 41.0 Å². The van der Waals surface area contributed by atoms with E-state index in [2.05, 4.69) is 78.8 Å². The first-order chi connectivity index (χ1) is 58.2. The zero-order valence-electron chi connectivity index (χ0n) is 74.8. The molecule has 0 aliphatic rings. The van der Waals surface area contributed by atoms with Gasteiger partial charge >= 0.3 is 30.2 Å². The number of alkyl carbamates (subject to hydrolysis) is 1. The van der Waals surface area contributed by atoms with Crippen molar-refractivity contribution in [2.24, 2.45) is 28.5 Å². The van der Waals surface area contributed by atoms with Crippen LogP contribution < -0.4 is 79.6 Å². The molecule has 0 radical (unpaired) electrons. The molecule has 2 aromatic rings. The third-order valence-corrected chi connectivity index (χ3v) is 16.6. The molecule has 0 saturated carbocycles. The molecular weight excluding hydrogens is 1650 g/mol. The van der Waals surface area contributed by atoms with E-state index in [0.29, 0.717) is 0 Å². The maximum Gasteiger partial charge on any atom is 0.437 e. The summed E-state index contributed by atoms with van der Waals surface area (Å²) in [6, 6.07) is -5.04. The zero-order chi connectivity index (χ0) is 94.7. The molecular formula is C82H129F4N15O24. The summed E-state index contributed by atoms with van der Waals surface area (Å²) in [7, 11) is 0. The fourth-order valence-electron chi connectivity index (χ4n) is 10.9. The Morgan fingerprint density at radius 3 is 1.45 bits per heavy atom. The van der Waals surface area contributed by atoms with Crippen molar-refractivity contribution in [3.63, 3.8) is 0 Å². The number of amides is 14. The molecule has 2 rings (SSSR count). The topological polar surface area (TPSA) is 534 Å². The van der Waals surface area contributed by atoms with E-state index in [1.54, 1.807) is 96.9 Å². The highest BCUT2D eigenvalue weighted by Crippen LogP contribution is 2.27. The molecule has 43 heteroatoms. The fraction of sp³-hybridized carbons (Fsp3) is 0.659. The summed E-state index contributed by atoms with van der Waals surface area (Å²) in [6.07, 6.45) is -3.29. The molecule has 0 aromatic heterocycles. The van der Waals surface area contributed by atoms with Crippen LogP contribution in [0.1, 0.15) is 193 Å². The number of hydrogen-bond donors (Lipinski definition) is 14. The Hall–Kier alpha value is -10.9. The molecule has 0 aliphatic carbocycles. The van der Waals surface area contributed by atoms with Crippen molar-refractivity contribution in [1.82, 2.24) is 63.8 Å². The van der Waals surface area contributed by atoms with E-state index in [1.807, 2.05) is 13.8 Å². The summed E-state index contributed by atoms with van der Waals surface area (Å²) in [5, 5.41) is 33.4. The number of benzene rings is 2. The third kappa shape index (κ3) is 47.1. The van der Waals surface area contributed by atoms with Gasteiger partial charge in [0.25, 0.3) is 5.91 Å². The second kappa shape index (κ2) is 54.7. The van der Waals surface area contributed by atoms with Gasteiger partial charge in [-0.15, -0.1) is 4.99 Å². The number of esters is 2. The Bertz CT molecular complexity index is 3940. The van der Waals surface area contributed by atoms with Crippen molar-refractivity contribution < 1.29 is 132 Å². The third-order valence-electron chi connectivity index (χ3n) is 16.6. The summed E-state index contributed by atoms with van der Waals surface area (Å²) >= 11 is 0. The van der Waals surface area contributed by atoms with E-state index in [9.17, 15) is 89.5 Å². The molecule has 39 nitrogen and oxygen atoms in total. The van der Waals surface area contributed by atoms with Gasteiger partial charge in [-0.1, -0.05) is 54.5 Å². The Morgan fingerprint density at radius 2 is 0.944 bits per heavy atom. The summed E-state index contributed by atoms with van der Waals surface area (Å²) in [6.45, 7) is 30.9. The van der Waals surface area contributed by atoms with Crippen LogP contribution in [0.5, 0.6) is 5.75 Å². The van der Waals surface area contributed by atoms with Crippen molar-refractivity contribution in [2.75, 3.05) is 91.0 Å². The molecule has 2 aromatic carbocycles. The first-order valence-electron chi connectivity index (χ1n) is 41.1. The Kier molecular flexibility index (Phi) is 48.2. The highest BCUT2D eigenvalue weighted by atomic mass is 19.2. The number of guanidine groups is 1. The predicted octanol–water partition coefficient (Wildman–Crippen LogP) is 4.43. The Balaban J connectivity index is 2.10. The molecule has 14 amide bonds. The van der Waals surface area contributed by atoms with Crippen LogP contribution in [0.3, 0.4) is 0 Å². The highest BCUT2D eigenvalue weighted by molar-refractivity contribution is 6.07. The molecule has 0 heterocycles. The largest absolute Gasteiger partial charge is 0.460 e. The molecule has 0 aliphatic heterocycles. The normalized spacial score (nSPS) is 13.5. The molecule has 0 bridgehead atoms. The number of aliphatic imine (C=N–C) groups is 1. The van der Waals surface area contributed by atoms with Gasteiger partial charge in [-0.25, -0.2) is 23.2 Å². The minimum Gasteiger partial charge on any atom is -0.460 e. The quantitative estimate of drug-likeness (QED) is 0.00636. The average Bonchev–Trinajstić information content (AvgIpc) is 0.820. The minimum absolute atomic E-state index is 0.00331. The minimum atomic E-state index is -1.85. The van der Waals surface area contributed by atoms with E-state index in [0.717, 1.165) is 0 Å². The molecule has 0 spiro atoms. The Labute approximate surface area is 726 Å². The molecule has 704 valence electrons. The summed E-state index contributed by atoms with van der Waals surface area (Å²) in [5.41, 5.74) is 0.686. The van der Waals surface area contributed by atoms with Crippen molar-refractivity contribution in [3.05, 3.63) is 59.2 Å². The average molecular weight is 1790 g/mol. The van der Waals surface area contributed by atoms with Crippen molar-refractivity contribution in [2.45, 2.75) is 248 Å². The van der Waals surface area contributed by atoms with Crippen LogP contribution in [0.15, 0.2) is 35.3 Å². The number of urea groups is 1. The van der Waals surface area contributed by atoms with Crippen LogP contribution >= 0.6 is 0 Å². The number of nitrogens with zero attached hydrogens (tertiary/aromatic N) is 1. The van der Waals surface area contributed by atoms with Gasteiger partial charge in [0.05, 0.1) is 85.5 Å². The van der Waals surface area contributed by atoms with Gasteiger partial charge in [-0.05, 0) is 158 Å². The number of carbonyl (C=O) groups excluding carboxylic acids is 15. The number of primary amides is 1. The van der Waals surface area contributed by atoms with Gasteiger partial charge in [-0.3, -0.25) is 62.9 Å². The lowest BCUT2D eigenvalue weighted by atomic mass is 9.98. The van der Waals surface area contributed by atoms with E-state index in [-0.39, 0.29) is 153 Å². The number of ether oxygens (including phenoxy) is 9. The Morgan fingerprint density at radius 1 is 0.472 bits per heavy atom. The lowest BCUT2D eigenvalue weighted by molar-refractivity contribution is -0.156. The zero-order valence-corrected chi connectivity index (χ0v) is 74.8. The number of rotatable bonds is 52.